The van der Waals surface area contributed by atoms with Crippen LogP contribution in [0.15, 0.2) is 11.4 Å². The summed E-state index contributed by atoms with van der Waals surface area (Å²) in [5.41, 5.74) is 0.272. The van der Waals surface area contributed by atoms with E-state index in [2.05, 4.69) is 47.0 Å². The molecule has 4 nitrogen and oxygen atoms in total. The lowest BCUT2D eigenvalue weighted by Gasteiger charge is -2.49. The van der Waals surface area contributed by atoms with Gasteiger partial charge in [-0.15, -0.1) is 11.3 Å². The lowest BCUT2D eigenvalue weighted by molar-refractivity contribution is 0.0682. The van der Waals surface area contributed by atoms with E-state index in [0.29, 0.717) is 5.28 Å². The first-order valence-electron chi connectivity index (χ1n) is 6.81. The highest BCUT2D eigenvalue weighted by molar-refractivity contribution is 7.16. The van der Waals surface area contributed by atoms with Crippen LogP contribution in [-0.2, 0) is 0 Å². The molecule has 0 amide bonds. The van der Waals surface area contributed by atoms with E-state index in [4.69, 9.17) is 11.6 Å². The van der Waals surface area contributed by atoms with Crippen molar-refractivity contribution in [2.24, 2.45) is 0 Å². The Hall–Kier alpha value is -0.910. The molecule has 20 heavy (non-hydrogen) atoms. The molecule has 2 heterocycles. The second-order valence-corrected chi connectivity index (χ2v) is 7.02. The van der Waals surface area contributed by atoms with Crippen LogP contribution in [-0.4, -0.2) is 48.1 Å². The summed E-state index contributed by atoms with van der Waals surface area (Å²) in [6.07, 6.45) is 3.80. The van der Waals surface area contributed by atoms with Gasteiger partial charge in [0.2, 0.25) is 5.28 Å². The number of aromatic nitrogens is 2. The van der Waals surface area contributed by atoms with E-state index in [1.807, 2.05) is 5.38 Å². The zero-order valence-electron chi connectivity index (χ0n) is 12.1. The van der Waals surface area contributed by atoms with Gasteiger partial charge in [-0.2, -0.15) is 4.98 Å². The largest absolute Gasteiger partial charge is 0.357 e. The van der Waals surface area contributed by atoms with Gasteiger partial charge in [-0.1, -0.05) is 0 Å². The fourth-order valence-electron chi connectivity index (χ4n) is 2.95. The predicted octanol–water partition coefficient (Wildman–Crippen LogP) is 3.27. The molecule has 0 atom stereocenters. The average Bonchev–Trinajstić information content (AvgIpc) is 2.79. The number of likely N-dealkylation sites (N-methyl/N-ethyl adjacent to an activating group) is 2. The van der Waals surface area contributed by atoms with Crippen molar-refractivity contribution < 1.29 is 0 Å². The van der Waals surface area contributed by atoms with Gasteiger partial charge < -0.3 is 9.80 Å². The first-order chi connectivity index (χ1) is 9.52. The van der Waals surface area contributed by atoms with Gasteiger partial charge in [0.05, 0.1) is 5.39 Å². The van der Waals surface area contributed by atoms with Gasteiger partial charge in [-0.3, -0.25) is 0 Å². The Morgan fingerprint density at radius 1 is 1.30 bits per heavy atom. The summed E-state index contributed by atoms with van der Waals surface area (Å²) in [4.78, 5) is 14.3. The SMILES string of the molecule is CN(CC1(N(C)C)CCC1)c1nc(Cl)nc2sccc12. The summed E-state index contributed by atoms with van der Waals surface area (Å²) in [5, 5.41) is 3.46. The molecule has 1 saturated carbocycles. The molecule has 1 aliphatic rings. The topological polar surface area (TPSA) is 32.3 Å². The monoisotopic (exact) mass is 310 g/mol. The molecule has 1 aliphatic carbocycles. The van der Waals surface area contributed by atoms with E-state index in [0.717, 1.165) is 22.6 Å². The van der Waals surface area contributed by atoms with Gasteiger partial charge in [-0.25, -0.2) is 4.98 Å². The number of thiophene rings is 1. The Kier molecular flexibility index (Phi) is 3.60. The van der Waals surface area contributed by atoms with Crippen molar-refractivity contribution in [2.45, 2.75) is 24.8 Å². The summed E-state index contributed by atoms with van der Waals surface area (Å²) >= 11 is 7.66. The van der Waals surface area contributed by atoms with Crippen LogP contribution in [0, 0.1) is 0 Å². The third kappa shape index (κ3) is 2.28. The third-order valence-corrected chi connectivity index (χ3v) is 5.38. The van der Waals surface area contributed by atoms with Crippen LogP contribution in [0.1, 0.15) is 19.3 Å². The molecule has 3 rings (SSSR count). The van der Waals surface area contributed by atoms with Crippen molar-refractivity contribution in [2.75, 3.05) is 32.6 Å². The molecule has 108 valence electrons. The van der Waals surface area contributed by atoms with Gasteiger partial charge in [0.1, 0.15) is 10.6 Å². The van der Waals surface area contributed by atoms with Crippen molar-refractivity contribution in [1.82, 2.24) is 14.9 Å². The van der Waals surface area contributed by atoms with Crippen molar-refractivity contribution in [3.8, 4) is 0 Å². The molecular weight excluding hydrogens is 292 g/mol. The maximum Gasteiger partial charge on any atom is 0.225 e. The highest BCUT2D eigenvalue weighted by Crippen LogP contribution is 2.38. The van der Waals surface area contributed by atoms with E-state index < -0.39 is 0 Å². The third-order valence-electron chi connectivity index (χ3n) is 4.40. The van der Waals surface area contributed by atoms with Crippen LogP contribution in [0.5, 0.6) is 0 Å². The highest BCUT2D eigenvalue weighted by atomic mass is 35.5. The standard InChI is InChI=1S/C14H19ClN4S/c1-18(2)14(6-4-7-14)9-19(3)11-10-5-8-20-12(10)17-13(15)16-11/h5,8H,4,6-7,9H2,1-3H3. The number of hydrogen-bond donors (Lipinski definition) is 0. The fraction of sp³-hybridized carbons (Fsp3) is 0.571. The van der Waals surface area contributed by atoms with Crippen molar-refractivity contribution in [3.63, 3.8) is 0 Å². The van der Waals surface area contributed by atoms with Gasteiger partial charge in [0, 0.05) is 19.1 Å². The van der Waals surface area contributed by atoms with Crippen LogP contribution in [0.3, 0.4) is 0 Å². The Balaban J connectivity index is 1.92. The maximum absolute atomic E-state index is 6.05. The number of fused-ring (bicyclic) bond motifs is 1. The van der Waals surface area contributed by atoms with Gasteiger partial charge >= 0.3 is 0 Å². The summed E-state index contributed by atoms with van der Waals surface area (Å²) in [6, 6.07) is 2.07. The van der Waals surface area contributed by atoms with Crippen molar-refractivity contribution in [1.29, 1.82) is 0 Å². The Bertz CT molecular complexity index is 621. The summed E-state index contributed by atoms with van der Waals surface area (Å²) in [7, 11) is 6.43. The van der Waals surface area contributed by atoms with Crippen LogP contribution < -0.4 is 4.90 Å². The average molecular weight is 311 g/mol. The minimum atomic E-state index is 0.272. The molecule has 0 radical (unpaired) electrons. The molecule has 0 spiro atoms. The number of nitrogens with zero attached hydrogens (tertiary/aromatic N) is 4. The second kappa shape index (κ2) is 5.13. The highest BCUT2D eigenvalue weighted by Gasteiger charge is 2.40. The first kappa shape index (κ1) is 14.0. The van der Waals surface area contributed by atoms with E-state index in [1.54, 1.807) is 11.3 Å². The molecule has 0 saturated heterocycles. The zero-order chi connectivity index (χ0) is 14.3. The normalized spacial score (nSPS) is 17.4. The molecule has 2 aromatic rings. The lowest BCUT2D eigenvalue weighted by Crippen LogP contribution is -2.56. The second-order valence-electron chi connectivity index (χ2n) is 5.78. The first-order valence-corrected chi connectivity index (χ1v) is 8.07. The molecule has 0 aromatic carbocycles. The molecule has 0 unspecified atom stereocenters. The number of hydrogen-bond acceptors (Lipinski definition) is 5. The smallest absolute Gasteiger partial charge is 0.225 e. The fourth-order valence-corrected chi connectivity index (χ4v) is 3.93. The minimum Gasteiger partial charge on any atom is -0.357 e. The zero-order valence-corrected chi connectivity index (χ0v) is 13.6. The molecule has 2 aromatic heterocycles. The summed E-state index contributed by atoms with van der Waals surface area (Å²) < 4.78 is 0. The quantitative estimate of drug-likeness (QED) is 0.811. The van der Waals surface area contributed by atoms with Crippen LogP contribution in [0.25, 0.3) is 10.2 Å². The molecule has 0 bridgehead atoms. The molecule has 0 N–H and O–H groups in total. The molecular formula is C14H19ClN4S. The molecule has 0 aliphatic heterocycles. The van der Waals surface area contributed by atoms with Gasteiger partial charge in [-0.05, 0) is 56.4 Å². The Morgan fingerprint density at radius 2 is 2.05 bits per heavy atom. The number of rotatable bonds is 4. The van der Waals surface area contributed by atoms with Crippen LogP contribution in [0.4, 0.5) is 5.82 Å². The maximum atomic E-state index is 6.05. The minimum absolute atomic E-state index is 0.272. The van der Waals surface area contributed by atoms with E-state index in [9.17, 15) is 0 Å². The Labute approximate surface area is 128 Å². The lowest BCUT2D eigenvalue weighted by atomic mass is 9.75. The number of anilines is 1. The van der Waals surface area contributed by atoms with Crippen LogP contribution in [0.2, 0.25) is 5.28 Å². The van der Waals surface area contributed by atoms with Gasteiger partial charge in [0.25, 0.3) is 0 Å². The summed E-state index contributed by atoms with van der Waals surface area (Å²) in [6.45, 7) is 0.971. The van der Waals surface area contributed by atoms with E-state index in [-0.39, 0.29) is 5.54 Å². The molecule has 1 fully saturated rings. The van der Waals surface area contributed by atoms with E-state index in [1.165, 1.54) is 19.3 Å². The van der Waals surface area contributed by atoms with Crippen LogP contribution >= 0.6 is 22.9 Å². The Morgan fingerprint density at radius 3 is 2.65 bits per heavy atom. The van der Waals surface area contributed by atoms with Crippen molar-refractivity contribution >= 4 is 39.0 Å². The predicted molar refractivity (Wildman–Crippen MR) is 86.0 cm³/mol. The van der Waals surface area contributed by atoms with E-state index >= 15 is 0 Å². The number of halogens is 1. The molecule has 6 heteroatoms. The van der Waals surface area contributed by atoms with Gasteiger partial charge in [0.15, 0.2) is 0 Å². The summed E-state index contributed by atoms with van der Waals surface area (Å²) in [5.74, 6) is 0.939. The van der Waals surface area contributed by atoms with Crippen molar-refractivity contribution in [3.05, 3.63) is 16.7 Å².